The summed E-state index contributed by atoms with van der Waals surface area (Å²) in [6.45, 7) is -4.60. The molecule has 0 heterocycles. The fraction of sp³-hybridized carbons (Fsp3) is 0.0270. The quantitative estimate of drug-likeness (QED) is 0.115. The van der Waals surface area contributed by atoms with Gasteiger partial charge in [0.15, 0.2) is 13.9 Å². The second-order valence-corrected chi connectivity index (χ2v) is 24.6. The summed E-state index contributed by atoms with van der Waals surface area (Å²) in [5.41, 5.74) is 0.578. The minimum atomic E-state index is -2.30. The molecule has 0 saturated heterocycles. The Kier molecular flexibility index (Phi) is 8.77. The molecule has 0 radical (unpaired) electrons. The predicted molar refractivity (Wildman–Crippen MR) is 188 cm³/mol. The van der Waals surface area contributed by atoms with Crippen molar-refractivity contribution in [3.05, 3.63) is 182 Å². The van der Waals surface area contributed by atoms with Crippen molar-refractivity contribution in [1.82, 2.24) is 0 Å². The maximum Gasteiger partial charge on any atom is 0.255 e. The van der Waals surface area contributed by atoms with Crippen molar-refractivity contribution in [2.75, 3.05) is 5.62 Å². The van der Waals surface area contributed by atoms with Crippen molar-refractivity contribution >= 4 is 64.6 Å². The third-order valence-corrected chi connectivity index (χ3v) is 31.2. The fourth-order valence-corrected chi connectivity index (χ4v) is 35.1. The van der Waals surface area contributed by atoms with Crippen LogP contribution in [0, 0.1) is 0 Å². The molecule has 41 heavy (non-hydrogen) atoms. The van der Waals surface area contributed by atoms with Gasteiger partial charge in [0.1, 0.15) is 37.4 Å². The summed E-state index contributed by atoms with van der Waals surface area (Å²) in [6, 6.07) is 67.4. The van der Waals surface area contributed by atoms with Crippen LogP contribution >= 0.6 is 32.8 Å². The van der Waals surface area contributed by atoms with Gasteiger partial charge in [0.25, 0.3) is 7.30 Å². The van der Waals surface area contributed by atoms with Crippen molar-refractivity contribution in [1.29, 1.82) is 0 Å². The molecule has 0 N–H and O–H groups in total. The molecule has 0 saturated carbocycles. The molecule has 0 aliphatic carbocycles. The molecule has 0 fully saturated rings. The minimum Gasteiger partial charge on any atom is -0.114 e. The van der Waals surface area contributed by atoms with Crippen LogP contribution in [0.1, 0.15) is 0 Å². The highest BCUT2D eigenvalue weighted by molar-refractivity contribution is 8.78. The van der Waals surface area contributed by atoms with Gasteiger partial charge in [0.2, 0.25) is 0 Å². The standard InChI is InChI=1S/C37H32ClP3/c38-31-39(40(32-19-7-1-8-20-32,33-21-9-2-10-22-33)34-23-11-3-12-24-34)41(35-25-13-4-14-26-35,36-27-15-5-16-28-36)37-29-17-6-18-30-37/h1-30H,31H2/q+2. The predicted octanol–water partition coefficient (Wildman–Crippen LogP) is 8.48. The van der Waals surface area contributed by atoms with Gasteiger partial charge in [-0.25, -0.2) is 0 Å². The lowest BCUT2D eigenvalue weighted by molar-refractivity contribution is 1.73. The minimum absolute atomic E-state index is 0.578. The number of benzene rings is 6. The Labute approximate surface area is 251 Å². The Balaban J connectivity index is 1.84. The van der Waals surface area contributed by atoms with Gasteiger partial charge in [0, 0.05) is 0 Å². The second kappa shape index (κ2) is 12.8. The Hall–Kier alpha value is -3.10. The van der Waals surface area contributed by atoms with Crippen molar-refractivity contribution < 1.29 is 0 Å². The molecule has 0 atom stereocenters. The average Bonchev–Trinajstić information content (AvgIpc) is 3.07. The van der Waals surface area contributed by atoms with Crippen molar-refractivity contribution in [3.63, 3.8) is 0 Å². The molecule has 0 bridgehead atoms. The molecule has 0 nitrogen and oxygen atoms in total. The number of alkyl halides is 1. The third-order valence-electron chi connectivity index (χ3n) is 7.58. The molecule has 4 heteroatoms. The molecule has 0 spiro atoms. The van der Waals surface area contributed by atoms with E-state index in [-0.39, 0.29) is 0 Å². The number of hydrogen-bond acceptors (Lipinski definition) is 0. The zero-order valence-corrected chi connectivity index (χ0v) is 26.2. The van der Waals surface area contributed by atoms with Crippen LogP contribution in [0.5, 0.6) is 0 Å². The topological polar surface area (TPSA) is 0 Å². The highest BCUT2D eigenvalue weighted by Gasteiger charge is 2.69. The van der Waals surface area contributed by atoms with E-state index >= 15 is 0 Å². The highest BCUT2D eigenvalue weighted by Crippen LogP contribution is 3.00. The highest BCUT2D eigenvalue weighted by atomic mass is 35.5. The number of hydrogen-bond donors (Lipinski definition) is 0. The first-order valence-electron chi connectivity index (χ1n) is 13.8. The molecule has 6 aromatic carbocycles. The molecule has 0 unspecified atom stereocenters. The lowest BCUT2D eigenvalue weighted by Gasteiger charge is -2.39. The van der Waals surface area contributed by atoms with Crippen LogP contribution in [0.4, 0.5) is 0 Å². The fourth-order valence-electron chi connectivity index (χ4n) is 5.92. The van der Waals surface area contributed by atoms with Gasteiger partial charge in [-0.05, 0) is 72.8 Å². The van der Waals surface area contributed by atoms with Crippen molar-refractivity contribution in [2.24, 2.45) is 0 Å². The average molecular weight is 605 g/mol. The first kappa shape index (κ1) is 28.0. The normalized spacial score (nSPS) is 11.9. The smallest absolute Gasteiger partial charge is 0.114 e. The largest absolute Gasteiger partial charge is 0.255 e. The van der Waals surface area contributed by atoms with E-state index in [1.165, 1.54) is 31.8 Å². The van der Waals surface area contributed by atoms with Crippen LogP contribution < -0.4 is 31.8 Å². The van der Waals surface area contributed by atoms with Gasteiger partial charge in [-0.2, -0.15) is 0 Å². The summed E-state index contributed by atoms with van der Waals surface area (Å²) < 4.78 is 0. The first-order valence-corrected chi connectivity index (χ1v) is 20.8. The van der Waals surface area contributed by atoms with Crippen LogP contribution in [0.2, 0.25) is 0 Å². The monoisotopic (exact) mass is 604 g/mol. The molecule has 0 aliphatic rings. The van der Waals surface area contributed by atoms with E-state index < -0.39 is 21.2 Å². The summed E-state index contributed by atoms with van der Waals surface area (Å²) in [5.74, 6) is 0. The van der Waals surface area contributed by atoms with Gasteiger partial charge in [-0.3, -0.25) is 0 Å². The Morgan fingerprint density at radius 1 is 0.317 bits per heavy atom. The Morgan fingerprint density at radius 3 is 0.634 bits per heavy atom. The molecular weight excluding hydrogens is 573 g/mol. The number of halogens is 1. The summed E-state index contributed by atoms with van der Waals surface area (Å²) in [6.07, 6.45) is 0. The van der Waals surface area contributed by atoms with E-state index in [1.807, 2.05) is 0 Å². The van der Waals surface area contributed by atoms with Crippen LogP contribution in [0.3, 0.4) is 0 Å². The van der Waals surface area contributed by atoms with Crippen LogP contribution in [-0.4, -0.2) is 5.62 Å². The van der Waals surface area contributed by atoms with Crippen LogP contribution in [0.25, 0.3) is 0 Å². The van der Waals surface area contributed by atoms with E-state index in [0.29, 0.717) is 5.62 Å². The van der Waals surface area contributed by atoms with Crippen molar-refractivity contribution in [3.8, 4) is 0 Å². The lowest BCUT2D eigenvalue weighted by atomic mass is 10.4. The van der Waals surface area contributed by atoms with Gasteiger partial charge >= 0.3 is 0 Å². The molecule has 0 aliphatic heterocycles. The summed E-state index contributed by atoms with van der Waals surface area (Å²) in [7, 11) is -0.924. The lowest BCUT2D eigenvalue weighted by Crippen LogP contribution is -2.36. The third kappa shape index (κ3) is 4.99. The Morgan fingerprint density at radius 2 is 0.488 bits per heavy atom. The van der Waals surface area contributed by atoms with Gasteiger partial charge in [-0.1, -0.05) is 109 Å². The summed E-state index contributed by atoms with van der Waals surface area (Å²) in [4.78, 5) is 0. The molecule has 6 rings (SSSR count). The Bertz CT molecular complexity index is 1330. The van der Waals surface area contributed by atoms with Crippen molar-refractivity contribution in [2.45, 2.75) is 0 Å². The van der Waals surface area contributed by atoms with E-state index in [4.69, 9.17) is 11.6 Å². The second-order valence-electron chi connectivity index (χ2n) is 9.78. The molecule has 6 aromatic rings. The SMILES string of the molecule is ClCP([P+](c1ccccc1)(c1ccccc1)c1ccccc1)[P+](c1ccccc1)(c1ccccc1)c1ccccc1. The summed E-state index contributed by atoms with van der Waals surface area (Å²) >= 11 is 7.52. The molecule has 200 valence electrons. The summed E-state index contributed by atoms with van der Waals surface area (Å²) in [5, 5.41) is 8.31. The van der Waals surface area contributed by atoms with E-state index in [2.05, 4.69) is 182 Å². The molecular formula is C37H32ClP3+2. The van der Waals surface area contributed by atoms with Crippen LogP contribution in [-0.2, 0) is 0 Å². The van der Waals surface area contributed by atoms with E-state index in [0.717, 1.165) is 0 Å². The zero-order valence-electron chi connectivity index (χ0n) is 22.7. The van der Waals surface area contributed by atoms with E-state index in [9.17, 15) is 0 Å². The van der Waals surface area contributed by atoms with Gasteiger partial charge in [0.05, 0.1) is 0 Å². The zero-order chi connectivity index (χ0) is 28.0. The number of rotatable bonds is 9. The van der Waals surface area contributed by atoms with Gasteiger partial charge in [-0.15, -0.1) is 11.6 Å². The maximum atomic E-state index is 7.52. The molecule has 0 aromatic heterocycles. The maximum absolute atomic E-state index is 7.52. The van der Waals surface area contributed by atoms with E-state index in [1.54, 1.807) is 0 Å². The van der Waals surface area contributed by atoms with Gasteiger partial charge < -0.3 is 0 Å². The van der Waals surface area contributed by atoms with Crippen LogP contribution in [0.15, 0.2) is 182 Å². The first-order chi connectivity index (χ1) is 20.3. The molecule has 0 amide bonds.